The van der Waals surface area contributed by atoms with Gasteiger partial charge in [-0.25, -0.2) is 0 Å². The molecule has 1 saturated heterocycles. The Morgan fingerprint density at radius 2 is 1.76 bits per heavy atom. The van der Waals surface area contributed by atoms with E-state index in [-0.39, 0.29) is 35.8 Å². The van der Waals surface area contributed by atoms with Gasteiger partial charge in [0.25, 0.3) is 5.91 Å². The fourth-order valence-electron chi connectivity index (χ4n) is 5.96. The third kappa shape index (κ3) is 4.15. The van der Waals surface area contributed by atoms with E-state index in [2.05, 4.69) is 6.07 Å². The van der Waals surface area contributed by atoms with Crippen LogP contribution in [0.1, 0.15) is 78.2 Å². The Morgan fingerprint density at radius 3 is 2.44 bits per heavy atom. The van der Waals surface area contributed by atoms with E-state index in [1.165, 1.54) is 0 Å². The molecule has 3 heterocycles. The van der Waals surface area contributed by atoms with Gasteiger partial charge in [-0.05, 0) is 55.7 Å². The summed E-state index contributed by atoms with van der Waals surface area (Å²) in [5.74, 6) is -0.638. The summed E-state index contributed by atoms with van der Waals surface area (Å²) < 4.78 is 5.20. The first-order valence-corrected chi connectivity index (χ1v) is 13.4. The molecule has 0 bridgehead atoms. The van der Waals surface area contributed by atoms with Crippen LogP contribution in [0.15, 0.2) is 41.8 Å². The normalized spacial score (nSPS) is 23.7. The molecule has 0 radical (unpaired) electrons. The number of nitrogens with zero attached hydrogens (tertiary/aromatic N) is 2. The zero-order valence-corrected chi connectivity index (χ0v) is 20.5. The molecule has 1 saturated carbocycles. The Hall–Kier alpha value is -2.67. The van der Waals surface area contributed by atoms with Gasteiger partial charge in [0.2, 0.25) is 5.91 Å². The van der Waals surface area contributed by atoms with Crippen molar-refractivity contribution >= 4 is 29.1 Å². The van der Waals surface area contributed by atoms with Gasteiger partial charge in [0.1, 0.15) is 0 Å². The van der Waals surface area contributed by atoms with Crippen LogP contribution in [0, 0.1) is 5.92 Å². The average molecular weight is 481 g/mol. The van der Waals surface area contributed by atoms with Gasteiger partial charge in [0.05, 0.1) is 24.5 Å². The summed E-state index contributed by atoms with van der Waals surface area (Å²) in [6, 6.07) is 11.6. The van der Waals surface area contributed by atoms with Gasteiger partial charge < -0.3 is 14.5 Å². The molecule has 6 nitrogen and oxygen atoms in total. The molecule has 34 heavy (non-hydrogen) atoms. The molecule has 1 aromatic carbocycles. The Morgan fingerprint density at radius 1 is 1.03 bits per heavy atom. The van der Waals surface area contributed by atoms with Crippen LogP contribution in [-0.4, -0.2) is 53.3 Å². The third-order valence-corrected chi connectivity index (χ3v) is 8.56. The topological polar surface area (TPSA) is 66.9 Å². The van der Waals surface area contributed by atoms with E-state index in [1.54, 1.807) is 11.3 Å². The van der Waals surface area contributed by atoms with Gasteiger partial charge in [-0.3, -0.25) is 14.4 Å². The third-order valence-electron chi connectivity index (χ3n) is 7.62. The van der Waals surface area contributed by atoms with Crippen molar-refractivity contribution in [3.05, 3.63) is 57.8 Å². The highest BCUT2D eigenvalue weighted by Crippen LogP contribution is 2.48. The maximum Gasteiger partial charge on any atom is 0.309 e. The van der Waals surface area contributed by atoms with Gasteiger partial charge in [0.15, 0.2) is 0 Å². The minimum Gasteiger partial charge on any atom is -0.466 e. The molecule has 2 atom stereocenters. The molecule has 0 spiro atoms. The molecule has 2 aliphatic heterocycles. The molecular formula is C27H32N2O4S. The molecule has 0 unspecified atom stereocenters. The number of hydrogen-bond donors (Lipinski definition) is 0. The number of carbonyl (C=O) groups excluding carboxylic acids is 3. The second-order valence-corrected chi connectivity index (χ2v) is 10.5. The van der Waals surface area contributed by atoms with Crippen LogP contribution in [-0.2, 0) is 14.3 Å². The first-order valence-electron chi connectivity index (χ1n) is 12.5. The Labute approximate surface area is 204 Å². The van der Waals surface area contributed by atoms with Gasteiger partial charge >= 0.3 is 5.97 Å². The van der Waals surface area contributed by atoms with Crippen molar-refractivity contribution in [3.63, 3.8) is 0 Å². The Kier molecular flexibility index (Phi) is 6.73. The number of esters is 1. The SMILES string of the molecule is CCOC(=O)C1CCN(C(=O)[C@@H]2c3ccccc3C(=O)N(C3CCCC3)[C@H]2c2cccs2)CC1. The molecule has 180 valence electrons. The molecule has 3 aliphatic rings. The number of thiophene rings is 1. The second kappa shape index (κ2) is 9.90. The van der Waals surface area contributed by atoms with Crippen molar-refractivity contribution < 1.29 is 19.1 Å². The molecule has 1 aliphatic carbocycles. The number of amides is 2. The number of benzene rings is 1. The molecular weight excluding hydrogens is 448 g/mol. The number of ether oxygens (including phenoxy) is 1. The quantitative estimate of drug-likeness (QED) is 0.578. The lowest BCUT2D eigenvalue weighted by Crippen LogP contribution is -2.52. The molecule has 1 aromatic heterocycles. The van der Waals surface area contributed by atoms with Crippen LogP contribution < -0.4 is 0 Å². The smallest absolute Gasteiger partial charge is 0.309 e. The highest BCUT2D eigenvalue weighted by Gasteiger charge is 2.48. The summed E-state index contributed by atoms with van der Waals surface area (Å²) in [6.07, 6.45) is 5.45. The van der Waals surface area contributed by atoms with E-state index in [4.69, 9.17) is 4.74 Å². The predicted octanol–water partition coefficient (Wildman–Crippen LogP) is 4.77. The van der Waals surface area contributed by atoms with E-state index < -0.39 is 5.92 Å². The van der Waals surface area contributed by atoms with Crippen molar-refractivity contribution in [3.8, 4) is 0 Å². The van der Waals surface area contributed by atoms with Gasteiger partial charge in [0, 0.05) is 29.6 Å². The number of fused-ring (bicyclic) bond motifs is 1. The van der Waals surface area contributed by atoms with Crippen LogP contribution in [0.3, 0.4) is 0 Å². The fraction of sp³-hybridized carbons (Fsp3) is 0.519. The molecule has 2 fully saturated rings. The fourth-order valence-corrected chi connectivity index (χ4v) is 6.82. The minimum atomic E-state index is -0.438. The Balaban J connectivity index is 1.50. The van der Waals surface area contributed by atoms with Gasteiger partial charge in [-0.15, -0.1) is 11.3 Å². The van der Waals surface area contributed by atoms with Crippen molar-refractivity contribution in [1.29, 1.82) is 0 Å². The molecule has 0 N–H and O–H groups in total. The highest BCUT2D eigenvalue weighted by atomic mass is 32.1. The zero-order valence-electron chi connectivity index (χ0n) is 19.7. The first kappa shape index (κ1) is 23.1. The van der Waals surface area contributed by atoms with Gasteiger partial charge in [-0.1, -0.05) is 37.1 Å². The van der Waals surface area contributed by atoms with E-state index in [0.717, 1.165) is 36.1 Å². The first-order chi connectivity index (χ1) is 16.6. The molecule has 2 aromatic rings. The number of carbonyl (C=O) groups is 3. The number of likely N-dealkylation sites (tertiary alicyclic amines) is 1. The van der Waals surface area contributed by atoms with Crippen molar-refractivity contribution in [1.82, 2.24) is 9.80 Å². The zero-order chi connectivity index (χ0) is 23.7. The highest BCUT2D eigenvalue weighted by molar-refractivity contribution is 7.10. The standard InChI is InChI=1S/C27H32N2O4S/c1-2-33-27(32)18-13-15-28(16-14-18)26(31)23-20-10-5-6-11-21(20)25(30)29(19-8-3-4-9-19)24(23)22-12-7-17-34-22/h5-7,10-12,17-19,23-24H,2-4,8-9,13-16H2,1H3/t23-,24+/m1/s1. The summed E-state index contributed by atoms with van der Waals surface area (Å²) in [7, 11) is 0. The summed E-state index contributed by atoms with van der Waals surface area (Å²) in [5.41, 5.74) is 1.49. The van der Waals surface area contributed by atoms with Crippen LogP contribution in [0.5, 0.6) is 0 Å². The van der Waals surface area contributed by atoms with E-state index in [9.17, 15) is 14.4 Å². The Bertz CT molecular complexity index is 1040. The van der Waals surface area contributed by atoms with Crippen molar-refractivity contribution in [2.24, 2.45) is 5.92 Å². The van der Waals surface area contributed by atoms with Gasteiger partial charge in [-0.2, -0.15) is 0 Å². The molecule has 2 amide bonds. The number of hydrogen-bond acceptors (Lipinski definition) is 5. The van der Waals surface area contributed by atoms with E-state index >= 15 is 0 Å². The van der Waals surface area contributed by atoms with E-state index in [0.29, 0.717) is 38.1 Å². The lowest BCUT2D eigenvalue weighted by atomic mass is 9.79. The predicted molar refractivity (Wildman–Crippen MR) is 131 cm³/mol. The molecule has 5 rings (SSSR count). The summed E-state index contributed by atoms with van der Waals surface area (Å²) >= 11 is 1.62. The largest absolute Gasteiger partial charge is 0.466 e. The average Bonchev–Trinajstić information content (AvgIpc) is 3.58. The molecule has 7 heteroatoms. The lowest BCUT2D eigenvalue weighted by molar-refractivity contribution is -0.151. The maximum atomic E-state index is 14.2. The monoisotopic (exact) mass is 480 g/mol. The van der Waals surface area contributed by atoms with E-state index in [1.807, 2.05) is 52.4 Å². The van der Waals surface area contributed by atoms with Crippen LogP contribution in [0.4, 0.5) is 0 Å². The minimum absolute atomic E-state index is 0.0472. The van der Waals surface area contributed by atoms with Crippen LogP contribution >= 0.6 is 11.3 Å². The van der Waals surface area contributed by atoms with Crippen molar-refractivity contribution in [2.45, 2.75) is 63.5 Å². The van der Waals surface area contributed by atoms with Crippen molar-refractivity contribution in [2.75, 3.05) is 19.7 Å². The lowest BCUT2D eigenvalue weighted by Gasteiger charge is -2.46. The summed E-state index contributed by atoms with van der Waals surface area (Å²) in [5, 5.41) is 2.03. The number of piperidine rings is 1. The number of rotatable bonds is 5. The summed E-state index contributed by atoms with van der Waals surface area (Å²) in [4.78, 5) is 45.2. The summed E-state index contributed by atoms with van der Waals surface area (Å²) in [6.45, 7) is 3.27. The second-order valence-electron chi connectivity index (χ2n) is 9.53. The van der Waals surface area contributed by atoms with Crippen LogP contribution in [0.25, 0.3) is 0 Å². The van der Waals surface area contributed by atoms with Crippen LogP contribution in [0.2, 0.25) is 0 Å². The maximum absolute atomic E-state index is 14.2.